The Kier molecular flexibility index (Phi) is 9.52. The first-order chi connectivity index (χ1) is 16.1. The first-order valence-corrected chi connectivity index (χ1v) is 12.0. The van der Waals surface area contributed by atoms with Crippen LogP contribution in [-0.2, 0) is 16.4 Å². The standard InChI is InChI=1S/C24H27F6NO3S/c1-16-4-6-18(7-5-16)21(32)15-22(24(28,29)30,14-17(2)35(31)33)19-8-10-20(11-9-19)34-13-3-12-23(25,26)27/h4-11,17H,3,12-15,31H2,1-2H3/t17?,22-,35?/m1/s1. The predicted octanol–water partition coefficient (Wildman–Crippen LogP) is 6.19. The minimum absolute atomic E-state index is 0.0901. The Labute approximate surface area is 202 Å². The number of halogens is 6. The van der Waals surface area contributed by atoms with E-state index in [9.17, 15) is 35.3 Å². The number of Topliss-reactive ketones (excluding diaryl/α,β-unsaturated/α-hetero) is 1. The molecule has 0 saturated heterocycles. The van der Waals surface area contributed by atoms with Gasteiger partial charge in [0.15, 0.2) is 5.78 Å². The molecule has 0 spiro atoms. The van der Waals surface area contributed by atoms with Crippen molar-refractivity contribution in [2.75, 3.05) is 6.61 Å². The summed E-state index contributed by atoms with van der Waals surface area (Å²) in [5, 5.41) is 4.28. The van der Waals surface area contributed by atoms with E-state index in [-0.39, 0.29) is 29.9 Å². The van der Waals surface area contributed by atoms with E-state index in [0.717, 1.165) is 17.7 Å². The minimum atomic E-state index is -4.91. The van der Waals surface area contributed by atoms with Crippen LogP contribution in [0.25, 0.3) is 0 Å². The molecule has 2 unspecified atom stereocenters. The lowest BCUT2D eigenvalue weighted by Gasteiger charge is -2.37. The van der Waals surface area contributed by atoms with Gasteiger partial charge in [-0.2, -0.15) is 26.3 Å². The van der Waals surface area contributed by atoms with Crippen LogP contribution >= 0.6 is 0 Å². The first kappa shape index (κ1) is 28.8. The fourth-order valence-electron chi connectivity index (χ4n) is 3.69. The number of aryl methyl sites for hydroxylation is 1. The number of ketones is 1. The quantitative estimate of drug-likeness (QED) is 0.217. The van der Waals surface area contributed by atoms with Crippen LogP contribution in [0.15, 0.2) is 48.5 Å². The number of benzene rings is 2. The maximum absolute atomic E-state index is 14.7. The molecule has 4 nitrogen and oxygen atoms in total. The number of ether oxygens (including phenoxy) is 1. The SMILES string of the molecule is Cc1ccc(C(=O)C[C@](CC(C)S(N)=O)(c2ccc(OCCCC(F)(F)F)cc2)C(F)(F)F)cc1. The van der Waals surface area contributed by atoms with E-state index in [1.807, 2.05) is 0 Å². The molecule has 2 aromatic carbocycles. The van der Waals surface area contributed by atoms with Crippen molar-refractivity contribution < 1.29 is 40.1 Å². The molecular formula is C24H27F6NO3S. The first-order valence-electron chi connectivity index (χ1n) is 10.8. The van der Waals surface area contributed by atoms with E-state index < -0.39 is 59.0 Å². The van der Waals surface area contributed by atoms with Crippen LogP contribution < -0.4 is 9.88 Å². The average molecular weight is 524 g/mol. The van der Waals surface area contributed by atoms with Gasteiger partial charge in [0, 0.05) is 23.7 Å². The minimum Gasteiger partial charge on any atom is -0.494 e. The van der Waals surface area contributed by atoms with Crippen molar-refractivity contribution >= 4 is 16.8 Å². The third-order valence-corrected chi connectivity index (χ3v) is 6.65. The summed E-state index contributed by atoms with van der Waals surface area (Å²) in [6, 6.07) is 10.8. The molecule has 3 atom stereocenters. The molecule has 0 aliphatic carbocycles. The van der Waals surface area contributed by atoms with Crippen LogP contribution in [0, 0.1) is 6.92 Å². The Morgan fingerprint density at radius 1 is 1.00 bits per heavy atom. The second-order valence-electron chi connectivity index (χ2n) is 8.48. The number of carbonyl (C=O) groups excluding carboxylic acids is 1. The predicted molar refractivity (Wildman–Crippen MR) is 121 cm³/mol. The van der Waals surface area contributed by atoms with Crippen LogP contribution in [0.2, 0.25) is 0 Å². The molecule has 11 heteroatoms. The molecule has 0 heterocycles. The van der Waals surface area contributed by atoms with Crippen molar-refractivity contribution in [1.82, 2.24) is 0 Å². The molecule has 0 amide bonds. The molecule has 2 N–H and O–H groups in total. The van der Waals surface area contributed by atoms with Crippen LogP contribution in [0.1, 0.15) is 54.1 Å². The van der Waals surface area contributed by atoms with E-state index in [1.54, 1.807) is 19.1 Å². The fraction of sp³-hybridized carbons (Fsp3) is 0.458. The Morgan fingerprint density at radius 3 is 2.06 bits per heavy atom. The van der Waals surface area contributed by atoms with Crippen LogP contribution in [0.3, 0.4) is 0 Å². The van der Waals surface area contributed by atoms with Crippen LogP contribution in [0.5, 0.6) is 5.75 Å². The van der Waals surface area contributed by atoms with Gasteiger partial charge >= 0.3 is 12.4 Å². The third-order valence-electron chi connectivity index (χ3n) is 5.69. The van der Waals surface area contributed by atoms with Gasteiger partial charge in [0.05, 0.1) is 23.0 Å². The molecule has 0 bridgehead atoms. The highest BCUT2D eigenvalue weighted by atomic mass is 32.2. The summed E-state index contributed by atoms with van der Waals surface area (Å²) in [6.07, 6.45) is -12.2. The van der Waals surface area contributed by atoms with Crippen molar-refractivity contribution in [3.8, 4) is 5.75 Å². The highest BCUT2D eigenvalue weighted by Crippen LogP contribution is 2.48. The van der Waals surface area contributed by atoms with E-state index in [2.05, 4.69) is 0 Å². The van der Waals surface area contributed by atoms with Crippen molar-refractivity contribution in [2.45, 2.75) is 62.5 Å². The molecule has 2 rings (SSSR count). The molecule has 0 fully saturated rings. The molecule has 35 heavy (non-hydrogen) atoms. The second kappa shape index (κ2) is 11.6. The van der Waals surface area contributed by atoms with Crippen molar-refractivity contribution in [1.29, 1.82) is 0 Å². The van der Waals surface area contributed by atoms with Gasteiger partial charge in [-0.1, -0.05) is 42.0 Å². The maximum Gasteiger partial charge on any atom is 0.398 e. The summed E-state index contributed by atoms with van der Waals surface area (Å²) in [4.78, 5) is 12.9. The van der Waals surface area contributed by atoms with Crippen molar-refractivity contribution in [3.63, 3.8) is 0 Å². The zero-order valence-corrected chi connectivity index (χ0v) is 20.0. The highest BCUT2D eigenvalue weighted by Gasteiger charge is 2.57. The Bertz CT molecular complexity index is 1010. The number of rotatable bonds is 11. The Balaban J connectivity index is 2.39. The highest BCUT2D eigenvalue weighted by molar-refractivity contribution is 7.83. The fourth-order valence-corrected chi connectivity index (χ4v) is 4.14. The van der Waals surface area contributed by atoms with Gasteiger partial charge in [-0.25, -0.2) is 4.21 Å². The smallest absolute Gasteiger partial charge is 0.398 e. The molecule has 0 aliphatic heterocycles. The normalized spacial score (nSPS) is 15.8. The molecule has 0 aromatic heterocycles. The van der Waals surface area contributed by atoms with E-state index in [1.165, 1.54) is 31.2 Å². The van der Waals surface area contributed by atoms with Gasteiger partial charge in [-0.05, 0) is 44.4 Å². The van der Waals surface area contributed by atoms with Gasteiger partial charge in [0.1, 0.15) is 5.75 Å². The molecule has 0 radical (unpaired) electrons. The number of carbonyl (C=O) groups is 1. The van der Waals surface area contributed by atoms with Gasteiger partial charge in [0.2, 0.25) is 0 Å². The Morgan fingerprint density at radius 2 is 1.57 bits per heavy atom. The van der Waals surface area contributed by atoms with Gasteiger partial charge < -0.3 is 4.74 Å². The molecule has 0 saturated carbocycles. The zero-order chi connectivity index (χ0) is 26.4. The van der Waals surface area contributed by atoms with E-state index in [0.29, 0.717) is 0 Å². The topological polar surface area (TPSA) is 69.4 Å². The van der Waals surface area contributed by atoms with E-state index >= 15 is 0 Å². The van der Waals surface area contributed by atoms with Gasteiger partial charge in [0.25, 0.3) is 0 Å². The Hall–Kier alpha value is -2.40. The van der Waals surface area contributed by atoms with Crippen LogP contribution in [-0.4, -0.2) is 34.2 Å². The lowest BCUT2D eigenvalue weighted by Crippen LogP contribution is -2.47. The number of alkyl halides is 6. The largest absolute Gasteiger partial charge is 0.494 e. The van der Waals surface area contributed by atoms with E-state index in [4.69, 9.17) is 9.88 Å². The van der Waals surface area contributed by atoms with Crippen molar-refractivity contribution in [2.24, 2.45) is 5.14 Å². The average Bonchev–Trinajstić information content (AvgIpc) is 2.75. The molecular weight excluding hydrogens is 496 g/mol. The van der Waals surface area contributed by atoms with Crippen molar-refractivity contribution in [3.05, 3.63) is 65.2 Å². The van der Waals surface area contributed by atoms with Gasteiger partial charge in [-0.15, -0.1) is 0 Å². The molecule has 0 aliphatic rings. The molecule has 194 valence electrons. The second-order valence-corrected chi connectivity index (χ2v) is 9.94. The summed E-state index contributed by atoms with van der Waals surface area (Å²) in [5.74, 6) is -0.655. The van der Waals surface area contributed by atoms with Gasteiger partial charge in [-0.3, -0.25) is 9.93 Å². The zero-order valence-electron chi connectivity index (χ0n) is 19.2. The number of hydrogen-bond acceptors (Lipinski definition) is 3. The summed E-state index contributed by atoms with van der Waals surface area (Å²) in [6.45, 7) is 2.82. The summed E-state index contributed by atoms with van der Waals surface area (Å²) in [5.41, 5.74) is -2.01. The summed E-state index contributed by atoms with van der Waals surface area (Å²) >= 11 is 0. The maximum atomic E-state index is 14.7. The number of hydrogen-bond donors (Lipinski definition) is 1. The monoisotopic (exact) mass is 523 g/mol. The third kappa shape index (κ3) is 8.06. The number of nitrogens with two attached hydrogens (primary N) is 1. The molecule has 2 aromatic rings. The summed E-state index contributed by atoms with van der Waals surface area (Å²) < 4.78 is 97.8. The lowest BCUT2D eigenvalue weighted by atomic mass is 9.71. The van der Waals surface area contributed by atoms with Crippen LogP contribution in [0.4, 0.5) is 26.3 Å². The summed E-state index contributed by atoms with van der Waals surface area (Å²) in [7, 11) is -2.07. The lowest BCUT2D eigenvalue weighted by molar-refractivity contribution is -0.192.